The van der Waals surface area contributed by atoms with Crippen LogP contribution in [0.2, 0.25) is 0 Å². The summed E-state index contributed by atoms with van der Waals surface area (Å²) in [6.07, 6.45) is 3.29. The van der Waals surface area contributed by atoms with Gasteiger partial charge in [0.25, 0.3) is 0 Å². The van der Waals surface area contributed by atoms with E-state index in [1.807, 2.05) is 7.05 Å². The third-order valence-corrected chi connectivity index (χ3v) is 1.58. The topological polar surface area (TPSA) is 63.8 Å². The van der Waals surface area contributed by atoms with Crippen LogP contribution >= 0.6 is 0 Å². The lowest BCUT2D eigenvalue weighted by atomic mass is 10.4. The van der Waals surface area contributed by atoms with Gasteiger partial charge in [-0.1, -0.05) is 0 Å². The molecule has 0 fully saturated rings. The second-order valence-electron chi connectivity index (χ2n) is 2.61. The highest BCUT2D eigenvalue weighted by Crippen LogP contribution is 2.12. The Morgan fingerprint density at radius 1 is 1.38 bits per heavy atom. The maximum absolute atomic E-state index is 9.10. The number of nitrogens with zero attached hydrogens (tertiary/aromatic N) is 4. The first-order valence-corrected chi connectivity index (χ1v) is 3.78. The molecule has 5 heteroatoms. The van der Waals surface area contributed by atoms with Gasteiger partial charge in [0.1, 0.15) is 5.69 Å². The average molecular weight is 176 g/mol. The predicted molar refractivity (Wildman–Crippen MR) is 45.9 cm³/mol. The van der Waals surface area contributed by atoms with E-state index < -0.39 is 0 Å². The maximum Gasteiger partial charge on any atom is 0.214 e. The summed E-state index contributed by atoms with van der Waals surface area (Å²) >= 11 is 0. The van der Waals surface area contributed by atoms with Gasteiger partial charge in [0, 0.05) is 25.5 Å². The summed E-state index contributed by atoms with van der Waals surface area (Å²) in [6, 6.07) is 3.21. The van der Waals surface area contributed by atoms with Crippen LogP contribution in [0.1, 0.15) is 0 Å². The van der Waals surface area contributed by atoms with Crippen molar-refractivity contribution in [3.8, 4) is 17.4 Å². The first kappa shape index (κ1) is 7.72. The summed E-state index contributed by atoms with van der Waals surface area (Å²) in [5.74, 6) is 0.385. The fourth-order valence-corrected chi connectivity index (χ4v) is 1.01. The van der Waals surface area contributed by atoms with Gasteiger partial charge >= 0.3 is 0 Å². The number of aryl methyl sites for hydroxylation is 1. The lowest BCUT2D eigenvalue weighted by Crippen LogP contribution is -1.91. The van der Waals surface area contributed by atoms with Crippen LogP contribution in [0.4, 0.5) is 0 Å². The highest BCUT2D eigenvalue weighted by molar-refractivity contribution is 5.48. The van der Waals surface area contributed by atoms with Crippen LogP contribution in [-0.2, 0) is 7.05 Å². The van der Waals surface area contributed by atoms with Crippen LogP contribution in [0.5, 0.6) is 5.88 Å². The molecule has 0 saturated heterocycles. The predicted octanol–water partition coefficient (Wildman–Crippen LogP) is 0.583. The molecule has 13 heavy (non-hydrogen) atoms. The number of rotatable bonds is 1. The molecule has 2 rings (SSSR count). The molecule has 2 heterocycles. The first-order chi connectivity index (χ1) is 6.25. The van der Waals surface area contributed by atoms with E-state index in [4.69, 9.17) is 5.11 Å². The van der Waals surface area contributed by atoms with Crippen LogP contribution in [-0.4, -0.2) is 24.9 Å². The standard InChI is InChI=1S/C8H8N4O/c1-12-5-3-6(11-12)8-9-4-2-7(13)10-8/h2-5H,1H3,(H,9,10,13). The van der Waals surface area contributed by atoms with Crippen molar-refractivity contribution in [1.29, 1.82) is 0 Å². The second kappa shape index (κ2) is 2.85. The molecular formula is C8H8N4O. The zero-order chi connectivity index (χ0) is 9.26. The van der Waals surface area contributed by atoms with E-state index in [1.54, 1.807) is 16.9 Å². The van der Waals surface area contributed by atoms with Gasteiger partial charge in [-0.25, -0.2) is 4.98 Å². The minimum Gasteiger partial charge on any atom is -0.493 e. The molecule has 0 aliphatic rings. The molecule has 5 nitrogen and oxygen atoms in total. The van der Waals surface area contributed by atoms with Crippen molar-refractivity contribution in [2.75, 3.05) is 0 Å². The Labute approximate surface area is 74.7 Å². The van der Waals surface area contributed by atoms with E-state index in [2.05, 4.69) is 15.1 Å². The molecule has 0 amide bonds. The Bertz CT molecular complexity index is 424. The minimum absolute atomic E-state index is 0.0457. The van der Waals surface area contributed by atoms with Gasteiger partial charge in [-0.05, 0) is 6.07 Å². The summed E-state index contributed by atoms with van der Waals surface area (Å²) < 4.78 is 1.66. The molecule has 0 bridgehead atoms. The Kier molecular flexibility index (Phi) is 1.70. The molecule has 0 spiro atoms. The normalized spacial score (nSPS) is 10.2. The Balaban J connectivity index is 2.46. The molecule has 0 atom stereocenters. The van der Waals surface area contributed by atoms with Crippen LogP contribution in [0.15, 0.2) is 24.5 Å². The Hall–Kier alpha value is -1.91. The van der Waals surface area contributed by atoms with E-state index >= 15 is 0 Å². The molecular weight excluding hydrogens is 168 g/mol. The van der Waals surface area contributed by atoms with Gasteiger partial charge < -0.3 is 5.11 Å². The van der Waals surface area contributed by atoms with Gasteiger partial charge in [-0.3, -0.25) is 4.68 Å². The molecule has 0 saturated carbocycles. The molecule has 0 unspecified atom stereocenters. The summed E-state index contributed by atoms with van der Waals surface area (Å²) in [5, 5.41) is 13.2. The zero-order valence-electron chi connectivity index (χ0n) is 7.05. The number of aromatic nitrogens is 4. The van der Waals surface area contributed by atoms with Crippen LogP contribution in [0.25, 0.3) is 11.5 Å². The van der Waals surface area contributed by atoms with Crippen molar-refractivity contribution in [3.05, 3.63) is 24.5 Å². The maximum atomic E-state index is 9.10. The Morgan fingerprint density at radius 2 is 2.23 bits per heavy atom. The summed E-state index contributed by atoms with van der Waals surface area (Å²) in [7, 11) is 1.81. The molecule has 2 aromatic rings. The molecule has 1 N–H and O–H groups in total. The minimum atomic E-state index is -0.0457. The SMILES string of the molecule is Cn1ccc(-c2nccc(O)n2)n1. The third kappa shape index (κ3) is 1.48. The summed E-state index contributed by atoms with van der Waals surface area (Å²) in [6.45, 7) is 0. The van der Waals surface area contributed by atoms with Gasteiger partial charge in [0.05, 0.1) is 0 Å². The van der Waals surface area contributed by atoms with Gasteiger partial charge in [-0.15, -0.1) is 0 Å². The number of aromatic hydroxyl groups is 1. The van der Waals surface area contributed by atoms with Gasteiger partial charge in [-0.2, -0.15) is 10.1 Å². The van der Waals surface area contributed by atoms with Gasteiger partial charge in [0.15, 0.2) is 5.82 Å². The van der Waals surface area contributed by atoms with E-state index in [-0.39, 0.29) is 5.88 Å². The lowest BCUT2D eigenvalue weighted by molar-refractivity contribution is 0.452. The lowest BCUT2D eigenvalue weighted by Gasteiger charge is -1.94. The van der Waals surface area contributed by atoms with E-state index in [0.29, 0.717) is 11.5 Å². The summed E-state index contributed by atoms with van der Waals surface area (Å²) in [4.78, 5) is 7.80. The largest absolute Gasteiger partial charge is 0.493 e. The fourth-order valence-electron chi connectivity index (χ4n) is 1.01. The molecule has 66 valence electrons. The number of hydrogen-bond acceptors (Lipinski definition) is 4. The van der Waals surface area contributed by atoms with Crippen molar-refractivity contribution in [1.82, 2.24) is 19.7 Å². The van der Waals surface area contributed by atoms with Crippen LogP contribution < -0.4 is 0 Å². The first-order valence-electron chi connectivity index (χ1n) is 3.78. The van der Waals surface area contributed by atoms with Crippen molar-refractivity contribution < 1.29 is 5.11 Å². The van der Waals surface area contributed by atoms with Crippen molar-refractivity contribution in [2.45, 2.75) is 0 Å². The zero-order valence-corrected chi connectivity index (χ0v) is 7.05. The third-order valence-electron chi connectivity index (χ3n) is 1.58. The van der Waals surface area contributed by atoms with Crippen LogP contribution in [0.3, 0.4) is 0 Å². The monoisotopic (exact) mass is 176 g/mol. The van der Waals surface area contributed by atoms with Crippen molar-refractivity contribution in [3.63, 3.8) is 0 Å². The van der Waals surface area contributed by atoms with E-state index in [1.165, 1.54) is 12.3 Å². The molecule has 0 aliphatic carbocycles. The van der Waals surface area contributed by atoms with Gasteiger partial charge in [0.2, 0.25) is 5.88 Å². The highest BCUT2D eigenvalue weighted by Gasteiger charge is 2.04. The fraction of sp³-hybridized carbons (Fsp3) is 0.125. The quantitative estimate of drug-likeness (QED) is 0.690. The van der Waals surface area contributed by atoms with E-state index in [9.17, 15) is 0 Å². The average Bonchev–Trinajstić information content (AvgIpc) is 2.52. The highest BCUT2D eigenvalue weighted by atomic mass is 16.3. The second-order valence-corrected chi connectivity index (χ2v) is 2.61. The molecule has 2 aromatic heterocycles. The number of hydrogen-bond donors (Lipinski definition) is 1. The van der Waals surface area contributed by atoms with E-state index in [0.717, 1.165) is 0 Å². The van der Waals surface area contributed by atoms with Crippen LogP contribution in [0, 0.1) is 0 Å². The molecule has 0 aliphatic heterocycles. The van der Waals surface area contributed by atoms with Crippen molar-refractivity contribution >= 4 is 0 Å². The Morgan fingerprint density at radius 3 is 2.85 bits per heavy atom. The molecule has 0 aromatic carbocycles. The summed E-state index contributed by atoms with van der Waals surface area (Å²) in [5.41, 5.74) is 0.651. The van der Waals surface area contributed by atoms with Crippen molar-refractivity contribution in [2.24, 2.45) is 7.05 Å². The molecule has 0 radical (unpaired) electrons. The smallest absolute Gasteiger partial charge is 0.214 e.